The van der Waals surface area contributed by atoms with Gasteiger partial charge in [-0.2, -0.15) is 9.37 Å². The number of nitrogens with zero attached hydrogens (tertiary/aromatic N) is 2. The van der Waals surface area contributed by atoms with E-state index in [0.29, 0.717) is 5.56 Å². The fraction of sp³-hybridized carbons (Fsp3) is 0.133. The van der Waals surface area contributed by atoms with Crippen LogP contribution >= 0.6 is 11.6 Å². The molecular weight excluding hydrogens is 327 g/mol. The van der Waals surface area contributed by atoms with Gasteiger partial charge in [-0.15, -0.1) is 0 Å². The number of aromatic nitrogens is 2. The maximum absolute atomic E-state index is 13.4. The van der Waals surface area contributed by atoms with Crippen molar-refractivity contribution < 1.29 is 23.4 Å². The topological polar surface area (TPSA) is 70.5 Å². The van der Waals surface area contributed by atoms with Crippen LogP contribution in [-0.4, -0.2) is 30.2 Å². The predicted molar refractivity (Wildman–Crippen MR) is 80.5 cm³/mol. The van der Waals surface area contributed by atoms with Gasteiger partial charge in [0, 0.05) is 5.56 Å². The van der Waals surface area contributed by atoms with Gasteiger partial charge in [0.15, 0.2) is 5.02 Å². The number of carbonyl (C=O) groups is 1. The molecule has 1 heterocycles. The molecule has 0 aliphatic carbocycles. The molecule has 0 saturated heterocycles. The van der Waals surface area contributed by atoms with Crippen LogP contribution in [0.1, 0.15) is 5.56 Å². The summed E-state index contributed by atoms with van der Waals surface area (Å²) in [6, 6.07) is 6.55. The second kappa shape index (κ2) is 7.55. The van der Waals surface area contributed by atoms with E-state index in [4.69, 9.17) is 25.8 Å². The number of halogens is 2. The minimum absolute atomic E-state index is 0.122. The first-order valence-electron chi connectivity index (χ1n) is 6.33. The van der Waals surface area contributed by atoms with Crippen LogP contribution in [-0.2, 0) is 14.3 Å². The fourth-order valence-corrected chi connectivity index (χ4v) is 1.87. The average molecular weight is 339 g/mol. The first kappa shape index (κ1) is 16.7. The molecule has 0 amide bonds. The Bertz CT molecular complexity index is 752. The number of esters is 1. The number of ether oxygens (including phenoxy) is 3. The maximum Gasteiger partial charge on any atom is 0.341 e. The number of rotatable bonds is 5. The number of methoxy groups -OCH3 is 2. The highest BCUT2D eigenvalue weighted by Gasteiger charge is 2.19. The minimum atomic E-state index is -0.908. The van der Waals surface area contributed by atoms with Crippen molar-refractivity contribution >= 4 is 23.1 Å². The highest BCUT2D eigenvalue weighted by atomic mass is 35.5. The van der Waals surface area contributed by atoms with Crippen molar-refractivity contribution in [1.29, 1.82) is 0 Å². The summed E-state index contributed by atoms with van der Waals surface area (Å²) in [7, 11) is 2.63. The van der Waals surface area contributed by atoms with Crippen LogP contribution in [0, 0.1) is 5.95 Å². The van der Waals surface area contributed by atoms with Crippen molar-refractivity contribution in [3.63, 3.8) is 0 Å². The molecule has 0 N–H and O–H groups in total. The molecule has 2 rings (SSSR count). The van der Waals surface area contributed by atoms with Crippen molar-refractivity contribution in [2.24, 2.45) is 0 Å². The molecule has 0 fully saturated rings. The quantitative estimate of drug-likeness (QED) is 0.361. The highest BCUT2D eigenvalue weighted by Crippen LogP contribution is 2.33. The summed E-state index contributed by atoms with van der Waals surface area (Å²) in [4.78, 5) is 19.0. The van der Waals surface area contributed by atoms with Crippen LogP contribution in [0.5, 0.6) is 11.6 Å². The second-order valence-electron chi connectivity index (χ2n) is 4.14. The van der Waals surface area contributed by atoms with Gasteiger partial charge >= 0.3 is 5.97 Å². The van der Waals surface area contributed by atoms with Gasteiger partial charge in [-0.1, -0.05) is 29.8 Å². The third kappa shape index (κ3) is 3.75. The van der Waals surface area contributed by atoms with Crippen molar-refractivity contribution in [2.75, 3.05) is 14.2 Å². The molecular formula is C15H12ClFN2O4. The molecule has 23 heavy (non-hydrogen) atoms. The Morgan fingerprint density at radius 1 is 1.26 bits per heavy atom. The Morgan fingerprint density at radius 2 is 2.00 bits per heavy atom. The molecule has 1 aromatic heterocycles. The lowest BCUT2D eigenvalue weighted by molar-refractivity contribution is -0.133. The average Bonchev–Trinajstić information content (AvgIpc) is 2.57. The molecule has 6 nitrogen and oxygen atoms in total. The largest absolute Gasteiger partial charge is 0.503 e. The van der Waals surface area contributed by atoms with Crippen molar-refractivity contribution in [1.82, 2.24) is 9.97 Å². The van der Waals surface area contributed by atoms with Gasteiger partial charge in [-0.05, 0) is 6.07 Å². The summed E-state index contributed by atoms with van der Waals surface area (Å²) in [6.45, 7) is 0. The third-order valence-corrected chi connectivity index (χ3v) is 3.06. The van der Waals surface area contributed by atoms with Gasteiger partial charge in [-0.25, -0.2) is 9.78 Å². The van der Waals surface area contributed by atoms with Gasteiger partial charge in [0.1, 0.15) is 17.6 Å². The van der Waals surface area contributed by atoms with Crippen LogP contribution in [0.3, 0.4) is 0 Å². The molecule has 0 bridgehead atoms. The molecule has 0 aliphatic rings. The monoisotopic (exact) mass is 338 g/mol. The molecule has 1 aromatic carbocycles. The lowest BCUT2D eigenvalue weighted by atomic mass is 10.1. The van der Waals surface area contributed by atoms with Crippen molar-refractivity contribution in [2.45, 2.75) is 0 Å². The summed E-state index contributed by atoms with van der Waals surface area (Å²) in [6.07, 6.45) is 2.20. The van der Waals surface area contributed by atoms with E-state index in [2.05, 4.69) is 9.97 Å². The minimum Gasteiger partial charge on any atom is -0.503 e. The van der Waals surface area contributed by atoms with Gasteiger partial charge < -0.3 is 14.2 Å². The number of hydrogen-bond acceptors (Lipinski definition) is 6. The molecule has 0 spiro atoms. The van der Waals surface area contributed by atoms with E-state index in [9.17, 15) is 9.18 Å². The number of para-hydroxylation sites is 1. The molecule has 0 aliphatic heterocycles. The van der Waals surface area contributed by atoms with Crippen LogP contribution in [0.4, 0.5) is 4.39 Å². The summed E-state index contributed by atoms with van der Waals surface area (Å²) >= 11 is 5.77. The zero-order valence-electron chi connectivity index (χ0n) is 12.2. The highest BCUT2D eigenvalue weighted by molar-refractivity contribution is 6.31. The molecule has 0 radical (unpaired) electrons. The van der Waals surface area contributed by atoms with E-state index in [1.807, 2.05) is 0 Å². The SMILES string of the molecule is CO/C=C(\C(=O)OC)c1ccccc1Oc1ncnc(F)c1Cl. The Balaban J connectivity index is 2.47. The van der Waals surface area contributed by atoms with Crippen LogP contribution in [0.2, 0.25) is 5.02 Å². The molecule has 120 valence electrons. The lowest BCUT2D eigenvalue weighted by Crippen LogP contribution is -2.06. The van der Waals surface area contributed by atoms with E-state index in [1.54, 1.807) is 24.3 Å². The standard InChI is InChI=1S/C15H12ClFN2O4/c1-21-7-10(15(20)22-2)9-5-3-4-6-11(9)23-14-12(16)13(17)18-8-19-14/h3-8H,1-2H3/b10-7-. The van der Waals surface area contributed by atoms with Gasteiger partial charge in [-0.3, -0.25) is 0 Å². The Labute approximate surface area is 136 Å². The molecule has 8 heteroatoms. The van der Waals surface area contributed by atoms with Gasteiger partial charge in [0.2, 0.25) is 11.8 Å². The zero-order chi connectivity index (χ0) is 16.8. The van der Waals surface area contributed by atoms with E-state index in [-0.39, 0.29) is 22.2 Å². The predicted octanol–water partition coefficient (Wildman–Crippen LogP) is 3.22. The van der Waals surface area contributed by atoms with Crippen LogP contribution in [0.15, 0.2) is 36.9 Å². The lowest BCUT2D eigenvalue weighted by Gasteiger charge is -2.12. The molecule has 0 unspecified atom stereocenters. The van der Waals surface area contributed by atoms with E-state index < -0.39 is 11.9 Å². The van der Waals surface area contributed by atoms with Gasteiger partial charge in [0.25, 0.3) is 0 Å². The fourth-order valence-electron chi connectivity index (χ4n) is 1.74. The third-order valence-electron chi connectivity index (χ3n) is 2.74. The maximum atomic E-state index is 13.4. The second-order valence-corrected chi connectivity index (χ2v) is 4.52. The van der Waals surface area contributed by atoms with Crippen molar-refractivity contribution in [3.8, 4) is 11.6 Å². The van der Waals surface area contributed by atoms with Gasteiger partial charge in [0.05, 0.1) is 20.5 Å². The first-order chi connectivity index (χ1) is 11.1. The van der Waals surface area contributed by atoms with Crippen LogP contribution in [0.25, 0.3) is 5.57 Å². The number of benzene rings is 1. The molecule has 0 atom stereocenters. The summed E-state index contributed by atoms with van der Waals surface area (Å²) in [5.74, 6) is -1.48. The summed E-state index contributed by atoms with van der Waals surface area (Å²) in [5, 5.41) is -0.363. The smallest absolute Gasteiger partial charge is 0.341 e. The number of hydrogen-bond donors (Lipinski definition) is 0. The normalized spacial score (nSPS) is 11.0. The van der Waals surface area contributed by atoms with E-state index >= 15 is 0 Å². The molecule has 0 saturated carbocycles. The Hall–Kier alpha value is -2.67. The van der Waals surface area contributed by atoms with Crippen molar-refractivity contribution in [3.05, 3.63) is 53.4 Å². The summed E-state index contributed by atoms with van der Waals surface area (Å²) < 4.78 is 28.5. The van der Waals surface area contributed by atoms with Crippen LogP contribution < -0.4 is 4.74 Å². The summed E-state index contributed by atoms with van der Waals surface area (Å²) in [5.41, 5.74) is 0.493. The molecule has 2 aromatic rings. The Morgan fingerprint density at radius 3 is 2.70 bits per heavy atom. The van der Waals surface area contributed by atoms with E-state index in [0.717, 1.165) is 6.33 Å². The number of carbonyl (C=O) groups excluding carboxylic acids is 1. The first-order valence-corrected chi connectivity index (χ1v) is 6.70. The van der Waals surface area contributed by atoms with E-state index in [1.165, 1.54) is 20.5 Å². The zero-order valence-corrected chi connectivity index (χ0v) is 13.0. The Kier molecular flexibility index (Phi) is 5.48.